The molecule has 0 aliphatic rings. The van der Waals surface area contributed by atoms with E-state index >= 15 is 0 Å². The number of rotatable bonds is 3. The van der Waals surface area contributed by atoms with E-state index in [0.717, 1.165) is 5.56 Å². The number of carboxylic acid groups (broad SMARTS) is 1. The lowest BCUT2D eigenvalue weighted by molar-refractivity contribution is 0.0371. The molecule has 0 bridgehead atoms. The van der Waals surface area contributed by atoms with Gasteiger partial charge in [0, 0.05) is 11.1 Å². The molecule has 23 heavy (non-hydrogen) atoms. The molecule has 0 aliphatic heterocycles. The van der Waals surface area contributed by atoms with Crippen LogP contribution in [0, 0.1) is 11.8 Å². The molecule has 2 rings (SSSR count). The molecule has 0 amide bonds. The first-order valence-electron chi connectivity index (χ1n) is 7.13. The van der Waals surface area contributed by atoms with Crippen molar-refractivity contribution in [3.05, 3.63) is 70.8 Å². The quantitative estimate of drug-likeness (QED) is 0.697. The Morgan fingerprint density at radius 2 is 1.61 bits per heavy atom. The Bertz CT molecular complexity index is 780. The number of ether oxygens (including phenoxy) is 1. The number of esters is 1. The molecule has 0 aromatic heterocycles. The first kappa shape index (κ1) is 16.3. The third-order valence-electron chi connectivity index (χ3n) is 2.94. The molecule has 4 nitrogen and oxygen atoms in total. The van der Waals surface area contributed by atoms with Crippen LogP contribution in [0.5, 0.6) is 0 Å². The highest BCUT2D eigenvalue weighted by Gasteiger charge is 2.19. The van der Waals surface area contributed by atoms with Crippen LogP contribution < -0.4 is 0 Å². The zero-order chi connectivity index (χ0) is 16.8. The van der Waals surface area contributed by atoms with Crippen molar-refractivity contribution in [2.75, 3.05) is 0 Å². The summed E-state index contributed by atoms with van der Waals surface area (Å²) in [6, 6.07) is 13.8. The fraction of sp³-hybridized carbons (Fsp3) is 0.158. The maximum Gasteiger partial charge on any atom is 0.339 e. The number of aromatic carboxylic acids is 1. The third kappa shape index (κ3) is 4.45. The maximum absolute atomic E-state index is 11.9. The van der Waals surface area contributed by atoms with Gasteiger partial charge in [-0.3, -0.25) is 0 Å². The van der Waals surface area contributed by atoms with Gasteiger partial charge in [0.1, 0.15) is 0 Å². The summed E-state index contributed by atoms with van der Waals surface area (Å²) in [5, 5.41) is 9.30. The van der Waals surface area contributed by atoms with Crippen LogP contribution in [0.3, 0.4) is 0 Å². The van der Waals surface area contributed by atoms with Crippen molar-refractivity contribution in [2.45, 2.75) is 20.0 Å². The smallest absolute Gasteiger partial charge is 0.339 e. The minimum atomic E-state index is -1.19. The topological polar surface area (TPSA) is 63.6 Å². The molecule has 0 aliphatic carbocycles. The van der Waals surface area contributed by atoms with Crippen molar-refractivity contribution in [3.63, 3.8) is 0 Å². The molecule has 0 heterocycles. The van der Waals surface area contributed by atoms with Crippen LogP contribution in [0.2, 0.25) is 0 Å². The summed E-state index contributed by atoms with van der Waals surface area (Å²) in [6.45, 7) is 3.41. The lowest BCUT2D eigenvalue weighted by atomic mass is 10.0. The Hall–Kier alpha value is -3.06. The molecule has 0 saturated carbocycles. The van der Waals surface area contributed by atoms with Crippen molar-refractivity contribution in [1.29, 1.82) is 0 Å². The van der Waals surface area contributed by atoms with Crippen LogP contribution in [0.4, 0.5) is 0 Å². The van der Waals surface area contributed by atoms with Gasteiger partial charge in [0.25, 0.3) is 0 Å². The highest BCUT2D eigenvalue weighted by molar-refractivity contribution is 6.02. The Kier molecular flexibility index (Phi) is 5.16. The standard InChI is InChI=1S/C19H16O4/c1-13(2)23-19(22)16-11-10-15(12-17(16)18(20)21)9-8-14-6-4-3-5-7-14/h3-7,10-13H,1-2H3,(H,20,21). The van der Waals surface area contributed by atoms with Gasteiger partial charge in [0.15, 0.2) is 0 Å². The lowest BCUT2D eigenvalue weighted by Crippen LogP contribution is -2.15. The van der Waals surface area contributed by atoms with E-state index in [1.165, 1.54) is 12.1 Å². The second-order valence-corrected chi connectivity index (χ2v) is 5.14. The van der Waals surface area contributed by atoms with Crippen LogP contribution >= 0.6 is 0 Å². The zero-order valence-corrected chi connectivity index (χ0v) is 12.9. The fourth-order valence-electron chi connectivity index (χ4n) is 1.92. The summed E-state index contributed by atoms with van der Waals surface area (Å²) in [4.78, 5) is 23.3. The number of carbonyl (C=O) groups excluding carboxylic acids is 1. The van der Waals surface area contributed by atoms with Crippen LogP contribution in [-0.4, -0.2) is 23.1 Å². The Labute approximate surface area is 134 Å². The van der Waals surface area contributed by atoms with Crippen molar-refractivity contribution in [2.24, 2.45) is 0 Å². The summed E-state index contributed by atoms with van der Waals surface area (Å²) < 4.78 is 5.06. The van der Waals surface area contributed by atoms with Crippen LogP contribution in [0.15, 0.2) is 48.5 Å². The van der Waals surface area contributed by atoms with Crippen LogP contribution in [0.25, 0.3) is 0 Å². The summed E-state index contributed by atoms with van der Waals surface area (Å²) in [7, 11) is 0. The second-order valence-electron chi connectivity index (χ2n) is 5.14. The molecular weight excluding hydrogens is 292 g/mol. The number of carbonyl (C=O) groups is 2. The zero-order valence-electron chi connectivity index (χ0n) is 12.9. The Morgan fingerprint density at radius 3 is 2.22 bits per heavy atom. The molecule has 0 fully saturated rings. The molecule has 1 N–H and O–H groups in total. The van der Waals surface area contributed by atoms with Gasteiger partial charge < -0.3 is 9.84 Å². The van der Waals surface area contributed by atoms with Crippen LogP contribution in [-0.2, 0) is 4.74 Å². The summed E-state index contributed by atoms with van der Waals surface area (Å²) in [5.74, 6) is 4.00. The van der Waals surface area contributed by atoms with E-state index in [4.69, 9.17) is 4.74 Å². The molecule has 2 aromatic carbocycles. The predicted molar refractivity (Wildman–Crippen MR) is 86.4 cm³/mol. The number of hydrogen-bond acceptors (Lipinski definition) is 3. The van der Waals surface area contributed by atoms with Gasteiger partial charge in [-0.05, 0) is 44.2 Å². The highest BCUT2D eigenvalue weighted by atomic mass is 16.5. The van der Waals surface area contributed by atoms with E-state index in [1.807, 2.05) is 30.3 Å². The maximum atomic E-state index is 11.9. The van der Waals surface area contributed by atoms with Crippen molar-refractivity contribution >= 4 is 11.9 Å². The predicted octanol–water partition coefficient (Wildman–Crippen LogP) is 3.35. The van der Waals surface area contributed by atoms with Crippen LogP contribution in [0.1, 0.15) is 45.7 Å². The molecule has 0 radical (unpaired) electrons. The molecule has 116 valence electrons. The normalized spacial score (nSPS) is 9.87. The lowest BCUT2D eigenvalue weighted by Gasteiger charge is -2.10. The van der Waals surface area contributed by atoms with E-state index < -0.39 is 11.9 Å². The van der Waals surface area contributed by atoms with E-state index in [0.29, 0.717) is 5.56 Å². The molecule has 0 unspecified atom stereocenters. The Balaban J connectivity index is 2.35. The summed E-state index contributed by atoms with van der Waals surface area (Å²) >= 11 is 0. The van der Waals surface area contributed by atoms with Gasteiger partial charge in [-0.1, -0.05) is 30.0 Å². The number of hydrogen-bond donors (Lipinski definition) is 1. The molecule has 2 aromatic rings. The van der Waals surface area contributed by atoms with Crippen molar-refractivity contribution < 1.29 is 19.4 Å². The number of benzene rings is 2. The third-order valence-corrected chi connectivity index (χ3v) is 2.94. The van der Waals surface area contributed by atoms with Gasteiger partial charge in [0.2, 0.25) is 0 Å². The molecule has 0 atom stereocenters. The van der Waals surface area contributed by atoms with Crippen molar-refractivity contribution in [1.82, 2.24) is 0 Å². The summed E-state index contributed by atoms with van der Waals surface area (Å²) in [5.41, 5.74) is 1.26. The highest BCUT2D eigenvalue weighted by Crippen LogP contribution is 2.14. The fourth-order valence-corrected chi connectivity index (χ4v) is 1.92. The van der Waals surface area contributed by atoms with Gasteiger partial charge >= 0.3 is 11.9 Å². The van der Waals surface area contributed by atoms with Gasteiger partial charge in [-0.15, -0.1) is 0 Å². The average molecular weight is 308 g/mol. The molecule has 0 saturated heterocycles. The van der Waals surface area contributed by atoms with E-state index in [9.17, 15) is 14.7 Å². The first-order chi connectivity index (χ1) is 11.0. The second kappa shape index (κ2) is 7.28. The monoisotopic (exact) mass is 308 g/mol. The van der Waals surface area contributed by atoms with E-state index in [2.05, 4.69) is 11.8 Å². The first-order valence-corrected chi connectivity index (χ1v) is 7.13. The van der Waals surface area contributed by atoms with E-state index in [-0.39, 0.29) is 17.2 Å². The number of carboxylic acids is 1. The molecule has 0 spiro atoms. The molecule has 4 heteroatoms. The van der Waals surface area contributed by atoms with Gasteiger partial charge in [-0.2, -0.15) is 0 Å². The summed E-state index contributed by atoms with van der Waals surface area (Å²) in [6.07, 6.45) is -0.318. The molecular formula is C19H16O4. The minimum absolute atomic E-state index is 0.0245. The van der Waals surface area contributed by atoms with E-state index in [1.54, 1.807) is 19.9 Å². The van der Waals surface area contributed by atoms with Crippen molar-refractivity contribution in [3.8, 4) is 11.8 Å². The van der Waals surface area contributed by atoms with Gasteiger partial charge in [0.05, 0.1) is 17.2 Å². The van der Waals surface area contributed by atoms with Gasteiger partial charge in [-0.25, -0.2) is 9.59 Å². The SMILES string of the molecule is CC(C)OC(=O)c1ccc(C#Cc2ccccc2)cc1C(=O)O. The minimum Gasteiger partial charge on any atom is -0.478 e. The largest absolute Gasteiger partial charge is 0.478 e. The Morgan fingerprint density at radius 1 is 0.957 bits per heavy atom. The average Bonchev–Trinajstić information content (AvgIpc) is 2.53.